The molecule has 30 heavy (non-hydrogen) atoms. The van der Waals surface area contributed by atoms with Crippen molar-refractivity contribution in [2.75, 3.05) is 46.4 Å². The average Bonchev–Trinajstić information content (AvgIpc) is 3.07. The Balaban J connectivity index is 1.57. The summed E-state index contributed by atoms with van der Waals surface area (Å²) in [6.07, 6.45) is 5.36. The highest BCUT2D eigenvalue weighted by molar-refractivity contribution is 6.00. The number of esters is 1. The number of nitrogens with zero attached hydrogens (tertiary/aromatic N) is 2. The first kappa shape index (κ1) is 22.3. The number of rotatable bonds is 6. The molecule has 2 aliphatic heterocycles. The van der Waals surface area contributed by atoms with E-state index >= 15 is 0 Å². The Morgan fingerprint density at radius 3 is 2.53 bits per heavy atom. The van der Waals surface area contributed by atoms with Gasteiger partial charge in [0.05, 0.1) is 18.6 Å². The summed E-state index contributed by atoms with van der Waals surface area (Å²) >= 11 is 0. The Morgan fingerprint density at radius 1 is 1.10 bits per heavy atom. The van der Waals surface area contributed by atoms with Crippen molar-refractivity contribution < 1.29 is 19.1 Å². The monoisotopic (exact) mass is 418 g/mol. The van der Waals surface area contributed by atoms with Gasteiger partial charge in [-0.1, -0.05) is 6.42 Å². The number of aromatic amines is 1. The molecule has 1 aromatic rings. The number of hydrogen-bond donors (Lipinski definition) is 2. The highest BCUT2D eigenvalue weighted by atomic mass is 16.5. The van der Waals surface area contributed by atoms with E-state index in [2.05, 4.69) is 15.2 Å². The Labute approximate surface area is 178 Å². The summed E-state index contributed by atoms with van der Waals surface area (Å²) in [5.41, 5.74) is 2.02. The molecule has 0 radical (unpaired) electrons. The predicted octanol–water partition coefficient (Wildman–Crippen LogP) is 1.87. The zero-order valence-corrected chi connectivity index (χ0v) is 18.4. The van der Waals surface area contributed by atoms with Crippen molar-refractivity contribution in [3.8, 4) is 0 Å². The van der Waals surface area contributed by atoms with Crippen LogP contribution in [0, 0.1) is 19.8 Å². The molecular weight excluding hydrogens is 384 g/mol. The van der Waals surface area contributed by atoms with E-state index in [4.69, 9.17) is 4.74 Å². The highest BCUT2D eigenvalue weighted by Gasteiger charge is 2.31. The minimum Gasteiger partial charge on any atom is -0.465 e. The molecule has 8 nitrogen and oxygen atoms in total. The second-order valence-electron chi connectivity index (χ2n) is 8.40. The third-order valence-corrected chi connectivity index (χ3v) is 6.30. The van der Waals surface area contributed by atoms with Crippen LogP contribution in [0.25, 0.3) is 0 Å². The second kappa shape index (κ2) is 10.1. The quantitative estimate of drug-likeness (QED) is 0.688. The molecule has 8 heteroatoms. The molecule has 1 atom stereocenters. The van der Waals surface area contributed by atoms with E-state index in [1.807, 2.05) is 0 Å². The Morgan fingerprint density at radius 2 is 1.83 bits per heavy atom. The van der Waals surface area contributed by atoms with Gasteiger partial charge in [-0.05, 0) is 58.2 Å². The minimum atomic E-state index is -0.454. The number of amides is 2. The van der Waals surface area contributed by atoms with Gasteiger partial charge in [0, 0.05) is 31.9 Å². The summed E-state index contributed by atoms with van der Waals surface area (Å²) in [6.45, 7) is 8.29. The van der Waals surface area contributed by atoms with Crippen LogP contribution in [-0.4, -0.2) is 78.9 Å². The van der Waals surface area contributed by atoms with Crippen LogP contribution in [0.4, 0.5) is 0 Å². The van der Waals surface area contributed by atoms with E-state index in [0.717, 1.165) is 32.5 Å². The minimum absolute atomic E-state index is 0.0270. The molecule has 2 N–H and O–H groups in total. The van der Waals surface area contributed by atoms with Crippen molar-refractivity contribution in [3.05, 3.63) is 22.5 Å². The van der Waals surface area contributed by atoms with E-state index in [0.29, 0.717) is 42.1 Å². The summed E-state index contributed by atoms with van der Waals surface area (Å²) in [5.74, 6) is -0.791. The lowest BCUT2D eigenvalue weighted by atomic mass is 9.96. The number of piperidine rings is 2. The van der Waals surface area contributed by atoms with Crippen molar-refractivity contribution in [3.63, 3.8) is 0 Å². The number of carbonyl (C=O) groups excluding carboxylic acids is 3. The number of carbonyl (C=O) groups is 3. The van der Waals surface area contributed by atoms with Crippen LogP contribution < -0.4 is 5.32 Å². The number of likely N-dealkylation sites (tertiary alicyclic amines) is 2. The van der Waals surface area contributed by atoms with Crippen LogP contribution >= 0.6 is 0 Å². The van der Waals surface area contributed by atoms with Gasteiger partial charge in [0.25, 0.3) is 5.91 Å². The maximum atomic E-state index is 13.1. The van der Waals surface area contributed by atoms with Gasteiger partial charge in [-0.15, -0.1) is 0 Å². The first-order valence-corrected chi connectivity index (χ1v) is 11.0. The molecule has 0 aliphatic carbocycles. The van der Waals surface area contributed by atoms with E-state index in [-0.39, 0.29) is 17.7 Å². The fourth-order valence-corrected chi connectivity index (χ4v) is 4.57. The zero-order chi connectivity index (χ0) is 21.7. The number of methoxy groups -OCH3 is 1. The molecule has 1 unspecified atom stereocenters. The Hall–Kier alpha value is -2.35. The molecule has 2 saturated heterocycles. The number of H-pyrrole nitrogens is 1. The van der Waals surface area contributed by atoms with Crippen molar-refractivity contribution in [1.82, 2.24) is 20.1 Å². The van der Waals surface area contributed by atoms with Gasteiger partial charge in [0.15, 0.2) is 0 Å². The van der Waals surface area contributed by atoms with Gasteiger partial charge in [-0.25, -0.2) is 4.79 Å². The summed E-state index contributed by atoms with van der Waals surface area (Å²) in [6, 6.07) is 0. The predicted molar refractivity (Wildman–Crippen MR) is 114 cm³/mol. The Bertz CT molecular complexity index is 782. The lowest BCUT2D eigenvalue weighted by molar-refractivity contribution is -0.126. The fourth-order valence-electron chi connectivity index (χ4n) is 4.57. The van der Waals surface area contributed by atoms with Gasteiger partial charge in [-0.2, -0.15) is 0 Å². The molecule has 0 saturated carbocycles. The molecule has 0 bridgehead atoms. The lowest BCUT2D eigenvalue weighted by Crippen LogP contribution is -2.47. The third kappa shape index (κ3) is 5.03. The summed E-state index contributed by atoms with van der Waals surface area (Å²) in [7, 11) is 1.33. The van der Waals surface area contributed by atoms with E-state index in [1.54, 1.807) is 18.7 Å². The number of aromatic nitrogens is 1. The molecular formula is C22H34N4O4. The fraction of sp³-hybridized carbons (Fsp3) is 0.682. The molecule has 0 spiro atoms. The maximum absolute atomic E-state index is 13.1. The van der Waals surface area contributed by atoms with E-state index < -0.39 is 5.97 Å². The summed E-state index contributed by atoms with van der Waals surface area (Å²) in [4.78, 5) is 44.9. The molecule has 3 rings (SSSR count). The summed E-state index contributed by atoms with van der Waals surface area (Å²) < 4.78 is 4.83. The molecule has 0 aromatic carbocycles. The van der Waals surface area contributed by atoms with Crippen LogP contribution in [-0.2, 0) is 9.53 Å². The van der Waals surface area contributed by atoms with Crippen LogP contribution in [0.2, 0.25) is 0 Å². The van der Waals surface area contributed by atoms with Gasteiger partial charge < -0.3 is 24.8 Å². The van der Waals surface area contributed by atoms with Crippen molar-refractivity contribution in [2.45, 2.75) is 46.0 Å². The third-order valence-electron chi connectivity index (χ3n) is 6.30. The van der Waals surface area contributed by atoms with Crippen molar-refractivity contribution in [1.29, 1.82) is 0 Å². The largest absolute Gasteiger partial charge is 0.465 e. The molecule has 2 fully saturated rings. The molecule has 1 aromatic heterocycles. The average molecular weight is 419 g/mol. The molecule has 2 amide bonds. The molecule has 3 heterocycles. The maximum Gasteiger partial charge on any atom is 0.339 e. The van der Waals surface area contributed by atoms with Crippen LogP contribution in [0.3, 0.4) is 0 Å². The lowest BCUT2D eigenvalue weighted by Gasteiger charge is -2.32. The van der Waals surface area contributed by atoms with Crippen molar-refractivity contribution >= 4 is 17.8 Å². The topological polar surface area (TPSA) is 94.7 Å². The smallest absolute Gasteiger partial charge is 0.339 e. The number of ether oxygens (including phenoxy) is 1. The zero-order valence-electron chi connectivity index (χ0n) is 18.4. The SMILES string of the molecule is COC(=O)c1c(C)[nH]c(C(=O)N2CCCC(C(=O)NCCN3CCCCC3)C2)c1C. The van der Waals surface area contributed by atoms with Gasteiger partial charge in [-0.3, -0.25) is 9.59 Å². The van der Waals surface area contributed by atoms with Gasteiger partial charge in [0.1, 0.15) is 5.69 Å². The summed E-state index contributed by atoms with van der Waals surface area (Å²) in [5, 5.41) is 3.06. The van der Waals surface area contributed by atoms with Crippen LogP contribution in [0.15, 0.2) is 0 Å². The van der Waals surface area contributed by atoms with E-state index in [9.17, 15) is 14.4 Å². The van der Waals surface area contributed by atoms with Crippen LogP contribution in [0.1, 0.15) is 64.2 Å². The van der Waals surface area contributed by atoms with E-state index in [1.165, 1.54) is 26.4 Å². The highest BCUT2D eigenvalue weighted by Crippen LogP contribution is 2.23. The van der Waals surface area contributed by atoms with Gasteiger partial charge >= 0.3 is 5.97 Å². The molecule has 2 aliphatic rings. The van der Waals surface area contributed by atoms with Crippen molar-refractivity contribution in [2.24, 2.45) is 5.92 Å². The molecule has 166 valence electrons. The first-order chi connectivity index (χ1) is 14.4. The first-order valence-electron chi connectivity index (χ1n) is 11.0. The standard InChI is InChI=1S/C22H34N4O4/c1-15-18(22(29)30-3)16(2)24-19(15)21(28)26-12-7-8-17(14-26)20(27)23-9-13-25-10-5-4-6-11-25/h17,24H,4-14H2,1-3H3,(H,23,27). The normalized spacial score (nSPS) is 20.1. The Kier molecular flexibility index (Phi) is 7.53. The van der Waals surface area contributed by atoms with Gasteiger partial charge in [0.2, 0.25) is 5.91 Å². The number of nitrogens with one attached hydrogen (secondary N) is 2. The number of aryl methyl sites for hydroxylation is 1. The second-order valence-corrected chi connectivity index (χ2v) is 8.40. The number of hydrogen-bond acceptors (Lipinski definition) is 5. The van der Waals surface area contributed by atoms with Crippen LogP contribution in [0.5, 0.6) is 0 Å².